The van der Waals surface area contributed by atoms with Gasteiger partial charge < -0.3 is 10.2 Å². The molecule has 2 amide bonds. The molecule has 2 heterocycles. The van der Waals surface area contributed by atoms with Gasteiger partial charge in [-0.1, -0.05) is 12.1 Å². The Morgan fingerprint density at radius 2 is 1.89 bits per heavy atom. The molecule has 0 saturated carbocycles. The molecule has 1 fully saturated rings. The van der Waals surface area contributed by atoms with Crippen LogP contribution in [0, 0.1) is 11.7 Å². The maximum atomic E-state index is 12.9. The minimum Gasteiger partial charge on any atom is -0.352 e. The van der Waals surface area contributed by atoms with Crippen LogP contribution in [0.4, 0.5) is 4.39 Å². The lowest BCUT2D eigenvalue weighted by Crippen LogP contribution is -2.41. The third kappa shape index (κ3) is 5.61. The fourth-order valence-corrected chi connectivity index (χ4v) is 3.28. The molecule has 3 rings (SSSR count). The number of aryl methyl sites for hydroxylation is 1. The molecule has 1 N–H and O–H groups in total. The zero-order chi connectivity index (χ0) is 19.1. The number of nitrogens with one attached hydrogen (secondary N) is 1. The van der Waals surface area contributed by atoms with Crippen LogP contribution in [0.25, 0.3) is 0 Å². The molecule has 1 aromatic heterocycles. The quantitative estimate of drug-likeness (QED) is 0.852. The number of hydrogen-bond donors (Lipinski definition) is 1. The van der Waals surface area contributed by atoms with Crippen molar-refractivity contribution in [2.24, 2.45) is 5.92 Å². The molecule has 142 valence electrons. The van der Waals surface area contributed by atoms with Gasteiger partial charge in [-0.15, -0.1) is 0 Å². The van der Waals surface area contributed by atoms with E-state index in [9.17, 15) is 14.0 Å². The van der Waals surface area contributed by atoms with Crippen molar-refractivity contribution in [3.63, 3.8) is 0 Å². The number of pyridine rings is 1. The number of halogens is 1. The van der Waals surface area contributed by atoms with Crippen molar-refractivity contribution in [3.8, 4) is 0 Å². The molecule has 1 aromatic carbocycles. The highest BCUT2D eigenvalue weighted by molar-refractivity contribution is 5.93. The molecule has 0 radical (unpaired) electrons. The number of hydrogen-bond acceptors (Lipinski definition) is 3. The molecule has 1 saturated heterocycles. The molecule has 0 bridgehead atoms. The van der Waals surface area contributed by atoms with Crippen LogP contribution in [0.3, 0.4) is 0 Å². The van der Waals surface area contributed by atoms with E-state index in [2.05, 4.69) is 10.3 Å². The summed E-state index contributed by atoms with van der Waals surface area (Å²) >= 11 is 0. The van der Waals surface area contributed by atoms with Crippen molar-refractivity contribution in [2.75, 3.05) is 19.6 Å². The van der Waals surface area contributed by atoms with Gasteiger partial charge >= 0.3 is 0 Å². The molecule has 5 nitrogen and oxygen atoms in total. The van der Waals surface area contributed by atoms with Gasteiger partial charge in [-0.3, -0.25) is 14.6 Å². The van der Waals surface area contributed by atoms with Crippen molar-refractivity contribution in [1.82, 2.24) is 15.2 Å². The Morgan fingerprint density at radius 1 is 1.15 bits per heavy atom. The average Bonchev–Trinajstić information content (AvgIpc) is 2.72. The summed E-state index contributed by atoms with van der Waals surface area (Å²) in [5, 5.41) is 2.95. The Morgan fingerprint density at radius 3 is 2.56 bits per heavy atom. The van der Waals surface area contributed by atoms with Crippen LogP contribution >= 0.6 is 0 Å². The second-order valence-corrected chi connectivity index (χ2v) is 6.90. The third-order valence-electron chi connectivity index (χ3n) is 4.98. The smallest absolute Gasteiger partial charge is 0.252 e. The number of benzene rings is 1. The summed E-state index contributed by atoms with van der Waals surface area (Å²) in [6.45, 7) is 2.05. The summed E-state index contributed by atoms with van der Waals surface area (Å²) in [5.41, 5.74) is 1.53. The van der Waals surface area contributed by atoms with E-state index in [1.165, 1.54) is 12.1 Å². The van der Waals surface area contributed by atoms with Gasteiger partial charge in [0, 0.05) is 38.4 Å². The van der Waals surface area contributed by atoms with E-state index in [0.717, 1.165) is 31.5 Å². The monoisotopic (exact) mass is 369 g/mol. The Kier molecular flexibility index (Phi) is 6.52. The molecule has 1 aliphatic heterocycles. The topological polar surface area (TPSA) is 62.3 Å². The summed E-state index contributed by atoms with van der Waals surface area (Å²) in [7, 11) is 0. The van der Waals surface area contributed by atoms with Crippen molar-refractivity contribution in [2.45, 2.75) is 25.7 Å². The van der Waals surface area contributed by atoms with Crippen LogP contribution in [0.5, 0.6) is 0 Å². The van der Waals surface area contributed by atoms with Crippen molar-refractivity contribution in [1.29, 1.82) is 0 Å². The van der Waals surface area contributed by atoms with E-state index < -0.39 is 0 Å². The van der Waals surface area contributed by atoms with Crippen LogP contribution in [0.1, 0.15) is 35.2 Å². The molecule has 27 heavy (non-hydrogen) atoms. The van der Waals surface area contributed by atoms with Gasteiger partial charge in [-0.25, -0.2) is 4.39 Å². The maximum absolute atomic E-state index is 12.9. The summed E-state index contributed by atoms with van der Waals surface area (Å²) < 4.78 is 12.9. The first-order chi connectivity index (χ1) is 13.1. The van der Waals surface area contributed by atoms with Gasteiger partial charge in [0.05, 0.1) is 5.56 Å². The van der Waals surface area contributed by atoms with Gasteiger partial charge in [-0.05, 0) is 55.0 Å². The minimum absolute atomic E-state index is 0.110. The Hall–Kier alpha value is -2.76. The van der Waals surface area contributed by atoms with Gasteiger partial charge in [0.1, 0.15) is 5.82 Å². The van der Waals surface area contributed by atoms with Gasteiger partial charge in [0.15, 0.2) is 0 Å². The second-order valence-electron chi connectivity index (χ2n) is 6.90. The van der Waals surface area contributed by atoms with Gasteiger partial charge in [-0.2, -0.15) is 0 Å². The van der Waals surface area contributed by atoms with E-state index in [0.29, 0.717) is 30.9 Å². The molecule has 1 aliphatic rings. The predicted molar refractivity (Wildman–Crippen MR) is 101 cm³/mol. The molecule has 0 spiro atoms. The number of piperidine rings is 1. The highest BCUT2D eigenvalue weighted by atomic mass is 19.1. The number of likely N-dealkylation sites (tertiary alicyclic amines) is 1. The van der Waals surface area contributed by atoms with Gasteiger partial charge in [0.25, 0.3) is 5.91 Å². The second kappa shape index (κ2) is 9.26. The van der Waals surface area contributed by atoms with Crippen LogP contribution < -0.4 is 5.32 Å². The molecule has 6 heteroatoms. The Labute approximate surface area is 158 Å². The van der Waals surface area contributed by atoms with E-state index >= 15 is 0 Å². The lowest BCUT2D eigenvalue weighted by Gasteiger charge is -2.32. The molecule has 0 aliphatic carbocycles. The van der Waals surface area contributed by atoms with E-state index in [-0.39, 0.29) is 17.6 Å². The zero-order valence-electron chi connectivity index (χ0n) is 15.2. The zero-order valence-corrected chi connectivity index (χ0v) is 15.2. The van der Waals surface area contributed by atoms with E-state index in [1.807, 2.05) is 4.90 Å². The summed E-state index contributed by atoms with van der Waals surface area (Å²) in [6, 6.07) is 9.77. The molecule has 2 aromatic rings. The maximum Gasteiger partial charge on any atom is 0.252 e. The van der Waals surface area contributed by atoms with Crippen molar-refractivity contribution >= 4 is 11.8 Å². The SMILES string of the molecule is O=C(NCC1CCN(C(=O)CCc2ccc(F)cc2)CC1)c1cccnc1. The first kappa shape index (κ1) is 19.0. The number of carbonyl (C=O) groups is 2. The van der Waals surface area contributed by atoms with Crippen LogP contribution in [0.2, 0.25) is 0 Å². The third-order valence-corrected chi connectivity index (χ3v) is 4.98. The number of aromatic nitrogens is 1. The number of nitrogens with zero attached hydrogens (tertiary/aromatic N) is 2. The van der Waals surface area contributed by atoms with Crippen LogP contribution in [0.15, 0.2) is 48.8 Å². The molecular formula is C21H24FN3O2. The van der Waals surface area contributed by atoms with Crippen molar-refractivity contribution in [3.05, 3.63) is 65.7 Å². The highest BCUT2D eigenvalue weighted by Crippen LogP contribution is 2.18. The molecule has 0 atom stereocenters. The Bertz CT molecular complexity index is 757. The summed E-state index contributed by atoms with van der Waals surface area (Å²) in [4.78, 5) is 30.3. The number of rotatable bonds is 6. The van der Waals surface area contributed by atoms with E-state index in [1.54, 1.807) is 36.7 Å². The summed E-state index contributed by atoms with van der Waals surface area (Å²) in [6.07, 6.45) is 6.02. The fraction of sp³-hybridized carbons (Fsp3) is 0.381. The highest BCUT2D eigenvalue weighted by Gasteiger charge is 2.23. The van der Waals surface area contributed by atoms with Crippen LogP contribution in [-0.4, -0.2) is 41.3 Å². The van der Waals surface area contributed by atoms with Crippen LogP contribution in [-0.2, 0) is 11.2 Å². The average molecular weight is 369 g/mol. The lowest BCUT2D eigenvalue weighted by molar-refractivity contribution is -0.132. The molecular weight excluding hydrogens is 345 g/mol. The summed E-state index contributed by atoms with van der Waals surface area (Å²) in [5.74, 6) is 0.146. The first-order valence-corrected chi connectivity index (χ1v) is 9.32. The Balaban J connectivity index is 1.37. The lowest BCUT2D eigenvalue weighted by atomic mass is 9.96. The fourth-order valence-electron chi connectivity index (χ4n) is 3.28. The van der Waals surface area contributed by atoms with Gasteiger partial charge in [0.2, 0.25) is 5.91 Å². The predicted octanol–water partition coefficient (Wildman–Crippen LogP) is 2.82. The molecule has 0 unspecified atom stereocenters. The van der Waals surface area contributed by atoms with E-state index in [4.69, 9.17) is 0 Å². The van der Waals surface area contributed by atoms with Crippen molar-refractivity contribution < 1.29 is 14.0 Å². The minimum atomic E-state index is -0.261. The standard InChI is InChI=1S/C21H24FN3O2/c22-19-6-3-16(4-7-19)5-8-20(26)25-12-9-17(10-13-25)14-24-21(27)18-2-1-11-23-15-18/h1-4,6-7,11,15,17H,5,8-10,12-14H2,(H,24,27). The number of amides is 2. The number of carbonyl (C=O) groups excluding carboxylic acids is 2. The first-order valence-electron chi connectivity index (χ1n) is 9.32. The normalized spacial score (nSPS) is 14.8. The largest absolute Gasteiger partial charge is 0.352 e.